The summed E-state index contributed by atoms with van der Waals surface area (Å²) in [5.74, 6) is 0.222. The number of rotatable bonds is 3. The number of anilines is 1. The number of nitrogens with one attached hydrogen (secondary N) is 1. The maximum absolute atomic E-state index is 12.5. The average Bonchev–Trinajstić information content (AvgIpc) is 2.62. The fraction of sp³-hybridized carbons (Fsp3) is 0.294. The summed E-state index contributed by atoms with van der Waals surface area (Å²) in [5, 5.41) is 9.35. The second-order valence-electron chi connectivity index (χ2n) is 5.57. The van der Waals surface area contributed by atoms with E-state index in [0.717, 1.165) is 5.69 Å². The van der Waals surface area contributed by atoms with Crippen molar-refractivity contribution in [1.29, 1.82) is 0 Å². The largest absolute Gasteiger partial charge is 0.508 e. The molecule has 1 fully saturated rings. The molecule has 0 bridgehead atoms. The highest BCUT2D eigenvalue weighted by atomic mass is 16.5. The van der Waals surface area contributed by atoms with Crippen molar-refractivity contribution in [2.45, 2.75) is 0 Å². The molecule has 0 radical (unpaired) electrons. The highest BCUT2D eigenvalue weighted by molar-refractivity contribution is 5.92. The Labute approximate surface area is 139 Å². The summed E-state index contributed by atoms with van der Waals surface area (Å²) < 4.78 is 4.90. The summed E-state index contributed by atoms with van der Waals surface area (Å²) in [7, 11) is 1.41. The number of H-pyrrole nitrogens is 1. The van der Waals surface area contributed by atoms with Gasteiger partial charge in [0.05, 0.1) is 7.11 Å². The van der Waals surface area contributed by atoms with Gasteiger partial charge in [0.2, 0.25) is 5.43 Å². The molecule has 0 saturated carbocycles. The molecule has 0 atom stereocenters. The van der Waals surface area contributed by atoms with Crippen molar-refractivity contribution in [3.63, 3.8) is 0 Å². The van der Waals surface area contributed by atoms with E-state index < -0.39 is 0 Å². The number of benzene rings is 1. The SMILES string of the molecule is COc1c[nH]c(C(=O)N2CCN(c3ccc(O)cc3)CC2)cc1=O. The summed E-state index contributed by atoms with van der Waals surface area (Å²) in [4.78, 5) is 31.0. The maximum Gasteiger partial charge on any atom is 0.270 e. The van der Waals surface area contributed by atoms with Gasteiger partial charge in [0.25, 0.3) is 5.91 Å². The van der Waals surface area contributed by atoms with Gasteiger partial charge in [0, 0.05) is 44.1 Å². The van der Waals surface area contributed by atoms with E-state index in [-0.39, 0.29) is 28.5 Å². The number of methoxy groups -OCH3 is 1. The highest BCUT2D eigenvalue weighted by Gasteiger charge is 2.23. The molecule has 2 aromatic rings. The van der Waals surface area contributed by atoms with E-state index in [1.165, 1.54) is 19.4 Å². The Morgan fingerprint density at radius 3 is 2.42 bits per heavy atom. The predicted molar refractivity (Wildman–Crippen MR) is 89.8 cm³/mol. The number of nitrogens with zero attached hydrogens (tertiary/aromatic N) is 2. The van der Waals surface area contributed by atoms with E-state index in [9.17, 15) is 14.7 Å². The molecule has 2 N–H and O–H groups in total. The van der Waals surface area contributed by atoms with Gasteiger partial charge in [-0.15, -0.1) is 0 Å². The van der Waals surface area contributed by atoms with Crippen LogP contribution in [0.1, 0.15) is 10.5 Å². The first kappa shape index (κ1) is 15.9. The fourth-order valence-corrected chi connectivity index (χ4v) is 2.74. The number of phenolic OH excluding ortho intramolecular Hbond substituents is 1. The van der Waals surface area contributed by atoms with Gasteiger partial charge in [-0.2, -0.15) is 0 Å². The van der Waals surface area contributed by atoms with Crippen molar-refractivity contribution in [2.75, 3.05) is 38.2 Å². The van der Waals surface area contributed by atoms with Gasteiger partial charge in [0.1, 0.15) is 11.4 Å². The summed E-state index contributed by atoms with van der Waals surface area (Å²) in [6.07, 6.45) is 1.41. The lowest BCUT2D eigenvalue weighted by molar-refractivity contribution is 0.0740. The van der Waals surface area contributed by atoms with Crippen LogP contribution in [0.4, 0.5) is 5.69 Å². The van der Waals surface area contributed by atoms with Crippen LogP contribution in [0.5, 0.6) is 11.5 Å². The number of pyridine rings is 1. The predicted octanol–water partition coefficient (Wildman–Crippen LogP) is 1.05. The second kappa shape index (κ2) is 6.66. The van der Waals surface area contributed by atoms with Gasteiger partial charge in [-0.1, -0.05) is 0 Å². The van der Waals surface area contributed by atoms with Crippen LogP contribution in [0, 0.1) is 0 Å². The average molecular weight is 329 g/mol. The number of amides is 1. The van der Waals surface area contributed by atoms with E-state index in [2.05, 4.69) is 9.88 Å². The van der Waals surface area contributed by atoms with Crippen LogP contribution in [0.2, 0.25) is 0 Å². The molecule has 1 aliphatic rings. The van der Waals surface area contributed by atoms with Crippen LogP contribution in [-0.2, 0) is 0 Å². The first-order valence-electron chi connectivity index (χ1n) is 7.68. The number of aromatic amines is 1. The normalized spacial score (nSPS) is 14.5. The first-order valence-corrected chi connectivity index (χ1v) is 7.68. The highest BCUT2D eigenvalue weighted by Crippen LogP contribution is 2.20. The number of carbonyl (C=O) groups is 1. The van der Waals surface area contributed by atoms with Crippen LogP contribution in [0.15, 0.2) is 41.3 Å². The third-order valence-corrected chi connectivity index (χ3v) is 4.11. The van der Waals surface area contributed by atoms with Crippen LogP contribution in [0.25, 0.3) is 0 Å². The van der Waals surface area contributed by atoms with Gasteiger partial charge in [0.15, 0.2) is 5.75 Å². The topological polar surface area (TPSA) is 85.9 Å². The molecule has 2 heterocycles. The lowest BCUT2D eigenvalue weighted by Crippen LogP contribution is -2.49. The molecule has 7 nitrogen and oxygen atoms in total. The molecule has 1 aliphatic heterocycles. The van der Waals surface area contributed by atoms with Crippen molar-refractivity contribution < 1.29 is 14.6 Å². The quantitative estimate of drug-likeness (QED) is 0.879. The van der Waals surface area contributed by atoms with Crippen LogP contribution < -0.4 is 15.1 Å². The standard InChI is InChI=1S/C17H19N3O4/c1-24-16-11-18-14(10-15(16)22)17(23)20-8-6-19(7-9-20)12-2-4-13(21)5-3-12/h2-5,10-11,21H,6-9H2,1H3,(H,18,22). The van der Waals surface area contributed by atoms with E-state index in [4.69, 9.17) is 4.74 Å². The summed E-state index contributed by atoms with van der Waals surface area (Å²) in [6.45, 7) is 2.51. The number of ether oxygens (including phenoxy) is 1. The number of phenols is 1. The van der Waals surface area contributed by atoms with Crippen molar-refractivity contribution in [1.82, 2.24) is 9.88 Å². The van der Waals surface area contributed by atoms with Crippen LogP contribution in [-0.4, -0.2) is 54.2 Å². The molecule has 0 unspecified atom stereocenters. The van der Waals surface area contributed by atoms with E-state index in [1.54, 1.807) is 17.0 Å². The van der Waals surface area contributed by atoms with Gasteiger partial charge in [-0.25, -0.2) is 0 Å². The van der Waals surface area contributed by atoms with Crippen LogP contribution in [0.3, 0.4) is 0 Å². The smallest absolute Gasteiger partial charge is 0.270 e. The Hall–Kier alpha value is -2.96. The van der Waals surface area contributed by atoms with E-state index in [0.29, 0.717) is 26.2 Å². The number of hydrogen-bond acceptors (Lipinski definition) is 5. The molecular weight excluding hydrogens is 310 g/mol. The number of hydrogen-bond donors (Lipinski definition) is 2. The zero-order valence-electron chi connectivity index (χ0n) is 13.4. The maximum atomic E-state index is 12.5. The molecule has 0 aliphatic carbocycles. The van der Waals surface area contributed by atoms with Crippen LogP contribution >= 0.6 is 0 Å². The molecule has 7 heteroatoms. The number of piperazine rings is 1. The zero-order valence-corrected chi connectivity index (χ0v) is 13.4. The van der Waals surface area contributed by atoms with Gasteiger partial charge in [-0.05, 0) is 24.3 Å². The van der Waals surface area contributed by atoms with Crippen molar-refractivity contribution >= 4 is 11.6 Å². The van der Waals surface area contributed by atoms with Gasteiger partial charge < -0.3 is 24.6 Å². The van der Waals surface area contributed by atoms with E-state index >= 15 is 0 Å². The Balaban J connectivity index is 1.65. The van der Waals surface area contributed by atoms with E-state index in [1.807, 2.05) is 12.1 Å². The second-order valence-corrected chi connectivity index (χ2v) is 5.57. The fourth-order valence-electron chi connectivity index (χ4n) is 2.74. The lowest BCUT2D eigenvalue weighted by atomic mass is 10.2. The Morgan fingerprint density at radius 1 is 1.17 bits per heavy atom. The van der Waals surface area contributed by atoms with Gasteiger partial charge in [-0.3, -0.25) is 9.59 Å². The minimum Gasteiger partial charge on any atom is -0.508 e. The van der Waals surface area contributed by atoms with Gasteiger partial charge >= 0.3 is 0 Å². The zero-order chi connectivity index (χ0) is 17.1. The Morgan fingerprint density at radius 2 is 1.83 bits per heavy atom. The molecular formula is C17H19N3O4. The molecule has 126 valence electrons. The molecule has 0 spiro atoms. The third kappa shape index (κ3) is 3.19. The third-order valence-electron chi connectivity index (χ3n) is 4.11. The molecule has 3 rings (SSSR count). The van der Waals surface area contributed by atoms with Crippen molar-refractivity contribution in [3.05, 3.63) is 52.4 Å². The molecule has 1 amide bonds. The molecule has 24 heavy (non-hydrogen) atoms. The minimum atomic E-state index is -0.317. The molecule has 1 aromatic heterocycles. The molecule has 1 aromatic carbocycles. The van der Waals surface area contributed by atoms with Crippen molar-refractivity contribution in [2.24, 2.45) is 0 Å². The Kier molecular flexibility index (Phi) is 4.41. The summed E-state index contributed by atoms with van der Waals surface area (Å²) in [6, 6.07) is 8.28. The summed E-state index contributed by atoms with van der Waals surface area (Å²) >= 11 is 0. The summed E-state index contributed by atoms with van der Waals surface area (Å²) in [5.41, 5.74) is 0.957. The lowest BCUT2D eigenvalue weighted by Gasteiger charge is -2.36. The first-order chi connectivity index (χ1) is 11.6. The molecule has 1 saturated heterocycles. The Bertz CT molecular complexity index is 777. The number of aromatic nitrogens is 1. The van der Waals surface area contributed by atoms with Crippen molar-refractivity contribution in [3.8, 4) is 11.5 Å². The monoisotopic (exact) mass is 329 g/mol. The number of carbonyl (C=O) groups excluding carboxylic acids is 1. The minimum absolute atomic E-state index is 0.184. The number of aromatic hydroxyl groups is 1.